The lowest BCUT2D eigenvalue weighted by molar-refractivity contribution is -0.385. The highest BCUT2D eigenvalue weighted by Gasteiger charge is 2.24. The summed E-state index contributed by atoms with van der Waals surface area (Å²) in [4.78, 5) is 28.9. The van der Waals surface area contributed by atoms with Crippen molar-refractivity contribution in [2.45, 2.75) is 6.61 Å². The Bertz CT molecular complexity index is 1370. The van der Waals surface area contributed by atoms with Crippen LogP contribution in [0.4, 0.5) is 5.69 Å². The number of benzene rings is 2. The van der Waals surface area contributed by atoms with Gasteiger partial charge in [-0.1, -0.05) is 58.7 Å². The molecule has 4 rings (SSSR count). The van der Waals surface area contributed by atoms with E-state index in [0.29, 0.717) is 0 Å². The standard InChI is InChI=1S/C20H12Cl2N4O6/c21-12-8-23-19(28)16(22)15(12)18-24-20(32-25-18)11-6-13(26(29)30)17(27)14(7-11)31-9-10-4-2-1-3-5-10/h1-8,27H,9H2,(H,23,28). The van der Waals surface area contributed by atoms with Crippen LogP contribution in [0.5, 0.6) is 11.5 Å². The molecule has 0 fully saturated rings. The zero-order chi connectivity index (χ0) is 22.8. The minimum Gasteiger partial charge on any atom is -0.500 e. The highest BCUT2D eigenvalue weighted by Crippen LogP contribution is 2.41. The van der Waals surface area contributed by atoms with Gasteiger partial charge in [0.05, 0.1) is 21.1 Å². The number of aromatic hydroxyl groups is 1. The molecule has 0 aliphatic heterocycles. The lowest BCUT2D eigenvalue weighted by Gasteiger charge is -2.09. The van der Waals surface area contributed by atoms with E-state index in [4.69, 9.17) is 32.5 Å². The molecule has 0 spiro atoms. The van der Waals surface area contributed by atoms with Crippen molar-refractivity contribution in [1.82, 2.24) is 15.1 Å². The zero-order valence-corrected chi connectivity index (χ0v) is 17.4. The SMILES string of the molecule is O=c1[nH]cc(Cl)c(-c2noc(-c3cc(OCc4ccccc4)c(O)c([N+](=O)[O-])c3)n2)c1Cl. The van der Waals surface area contributed by atoms with E-state index in [1.54, 1.807) is 12.1 Å². The van der Waals surface area contributed by atoms with Crippen molar-refractivity contribution in [2.75, 3.05) is 0 Å². The van der Waals surface area contributed by atoms with E-state index in [1.807, 2.05) is 18.2 Å². The van der Waals surface area contributed by atoms with Crippen LogP contribution in [0, 0.1) is 10.1 Å². The van der Waals surface area contributed by atoms with Gasteiger partial charge >= 0.3 is 5.69 Å². The molecule has 32 heavy (non-hydrogen) atoms. The van der Waals surface area contributed by atoms with Crippen LogP contribution >= 0.6 is 23.2 Å². The van der Waals surface area contributed by atoms with E-state index < -0.39 is 21.9 Å². The molecule has 2 aromatic carbocycles. The van der Waals surface area contributed by atoms with E-state index >= 15 is 0 Å². The van der Waals surface area contributed by atoms with Gasteiger partial charge in [0.15, 0.2) is 5.75 Å². The van der Waals surface area contributed by atoms with Crippen molar-refractivity contribution in [3.05, 3.63) is 84.7 Å². The van der Waals surface area contributed by atoms with E-state index in [0.717, 1.165) is 11.6 Å². The summed E-state index contributed by atoms with van der Waals surface area (Å²) in [6, 6.07) is 11.4. The second-order valence-electron chi connectivity index (χ2n) is 6.45. The average molecular weight is 475 g/mol. The van der Waals surface area contributed by atoms with Gasteiger partial charge in [-0.3, -0.25) is 14.9 Å². The molecule has 0 saturated carbocycles. The Morgan fingerprint density at radius 2 is 1.97 bits per heavy atom. The number of aromatic nitrogens is 3. The van der Waals surface area contributed by atoms with Gasteiger partial charge in [0.25, 0.3) is 11.4 Å². The predicted molar refractivity (Wildman–Crippen MR) is 115 cm³/mol. The van der Waals surface area contributed by atoms with Crippen LogP contribution in [0.1, 0.15) is 5.56 Å². The monoisotopic (exact) mass is 474 g/mol. The minimum atomic E-state index is -0.768. The molecule has 10 nitrogen and oxygen atoms in total. The summed E-state index contributed by atoms with van der Waals surface area (Å²) < 4.78 is 10.8. The van der Waals surface area contributed by atoms with E-state index in [9.17, 15) is 20.0 Å². The molecule has 0 aliphatic rings. The number of nitrogens with one attached hydrogen (secondary N) is 1. The Morgan fingerprint density at radius 3 is 2.69 bits per heavy atom. The van der Waals surface area contributed by atoms with Crippen molar-refractivity contribution < 1.29 is 19.3 Å². The van der Waals surface area contributed by atoms with Crippen LogP contribution in [-0.4, -0.2) is 25.2 Å². The molecule has 0 bridgehead atoms. The first-order chi connectivity index (χ1) is 15.3. The number of aromatic amines is 1. The summed E-state index contributed by atoms with van der Waals surface area (Å²) in [5, 5.41) is 25.3. The van der Waals surface area contributed by atoms with Gasteiger partial charge in [-0.05, 0) is 11.6 Å². The fraction of sp³-hybridized carbons (Fsp3) is 0.0500. The Balaban J connectivity index is 1.74. The quantitative estimate of drug-likeness (QED) is 0.304. The van der Waals surface area contributed by atoms with Gasteiger partial charge in [-0.15, -0.1) is 0 Å². The first-order valence-electron chi connectivity index (χ1n) is 8.94. The molecule has 2 aromatic heterocycles. The Kier molecular flexibility index (Phi) is 5.80. The predicted octanol–water partition coefficient (Wildman–Crippen LogP) is 4.59. The third-order valence-corrected chi connectivity index (χ3v) is 5.03. The molecule has 2 N–H and O–H groups in total. The number of rotatable bonds is 6. The van der Waals surface area contributed by atoms with E-state index in [1.165, 1.54) is 12.3 Å². The zero-order valence-electron chi connectivity index (χ0n) is 15.9. The third-order valence-electron chi connectivity index (χ3n) is 4.37. The molecule has 12 heteroatoms. The van der Waals surface area contributed by atoms with Crippen LogP contribution in [0.2, 0.25) is 10.0 Å². The number of phenols is 1. The van der Waals surface area contributed by atoms with Gasteiger partial charge in [-0.2, -0.15) is 4.98 Å². The number of hydrogen-bond acceptors (Lipinski definition) is 8. The summed E-state index contributed by atoms with van der Waals surface area (Å²) in [7, 11) is 0. The van der Waals surface area contributed by atoms with Gasteiger partial charge < -0.3 is 19.4 Å². The molecule has 162 valence electrons. The molecular weight excluding hydrogens is 463 g/mol. The molecular formula is C20H12Cl2N4O6. The molecule has 0 unspecified atom stereocenters. The van der Waals surface area contributed by atoms with Crippen LogP contribution in [-0.2, 0) is 6.61 Å². The Morgan fingerprint density at radius 1 is 1.22 bits per heavy atom. The second kappa shape index (κ2) is 8.69. The molecule has 0 radical (unpaired) electrons. The summed E-state index contributed by atoms with van der Waals surface area (Å²) in [5.74, 6) is -1.02. The second-order valence-corrected chi connectivity index (χ2v) is 7.24. The molecule has 0 atom stereocenters. The number of nitro benzene ring substituents is 1. The van der Waals surface area contributed by atoms with E-state index in [-0.39, 0.29) is 45.2 Å². The number of H-pyrrole nitrogens is 1. The van der Waals surface area contributed by atoms with Crippen molar-refractivity contribution in [3.8, 4) is 34.3 Å². The van der Waals surface area contributed by atoms with Crippen LogP contribution < -0.4 is 10.3 Å². The first kappa shape index (κ1) is 21.3. The van der Waals surface area contributed by atoms with Crippen molar-refractivity contribution in [3.63, 3.8) is 0 Å². The van der Waals surface area contributed by atoms with Crippen molar-refractivity contribution in [1.29, 1.82) is 0 Å². The fourth-order valence-corrected chi connectivity index (χ4v) is 3.35. The first-order valence-corrected chi connectivity index (χ1v) is 9.70. The maximum atomic E-state index is 11.8. The largest absolute Gasteiger partial charge is 0.500 e. The summed E-state index contributed by atoms with van der Waals surface area (Å²) in [6.45, 7) is 0.0576. The molecule has 0 saturated heterocycles. The van der Waals surface area contributed by atoms with Gasteiger partial charge in [0.2, 0.25) is 11.6 Å². The molecule has 0 aliphatic carbocycles. The number of halogens is 2. The van der Waals surface area contributed by atoms with E-state index in [2.05, 4.69) is 15.1 Å². The summed E-state index contributed by atoms with van der Waals surface area (Å²) >= 11 is 12.1. The normalized spacial score (nSPS) is 10.8. The minimum absolute atomic E-state index is 0.0425. The van der Waals surface area contributed by atoms with Crippen LogP contribution in [0.25, 0.3) is 22.8 Å². The topological polar surface area (TPSA) is 144 Å². The average Bonchev–Trinajstić information content (AvgIpc) is 3.26. The Hall–Kier alpha value is -3.89. The smallest absolute Gasteiger partial charge is 0.315 e. The van der Waals surface area contributed by atoms with Gasteiger partial charge in [0, 0.05) is 12.3 Å². The summed E-state index contributed by atoms with van der Waals surface area (Å²) in [6.07, 6.45) is 1.22. The van der Waals surface area contributed by atoms with Gasteiger partial charge in [-0.25, -0.2) is 0 Å². The fourth-order valence-electron chi connectivity index (χ4n) is 2.83. The summed E-state index contributed by atoms with van der Waals surface area (Å²) in [5.41, 5.74) is -0.278. The number of pyridine rings is 1. The number of ether oxygens (including phenoxy) is 1. The molecule has 2 heterocycles. The highest BCUT2D eigenvalue weighted by atomic mass is 35.5. The highest BCUT2D eigenvalue weighted by molar-refractivity contribution is 6.38. The third kappa shape index (κ3) is 4.13. The van der Waals surface area contributed by atoms with Crippen LogP contribution in [0.15, 0.2) is 58.0 Å². The van der Waals surface area contributed by atoms with Crippen molar-refractivity contribution >= 4 is 28.9 Å². The lowest BCUT2D eigenvalue weighted by atomic mass is 10.1. The number of nitrogens with zero attached hydrogens (tertiary/aromatic N) is 3. The number of nitro groups is 1. The van der Waals surface area contributed by atoms with Gasteiger partial charge in [0.1, 0.15) is 11.6 Å². The lowest BCUT2D eigenvalue weighted by Crippen LogP contribution is -2.07. The molecule has 0 amide bonds. The maximum absolute atomic E-state index is 11.8. The number of phenolic OH excluding ortho intramolecular Hbond substituents is 1. The van der Waals surface area contributed by atoms with Crippen molar-refractivity contribution in [2.24, 2.45) is 0 Å². The van der Waals surface area contributed by atoms with Crippen LogP contribution in [0.3, 0.4) is 0 Å². The Labute approximate surface area is 189 Å². The number of hydrogen-bond donors (Lipinski definition) is 2. The maximum Gasteiger partial charge on any atom is 0.315 e. The molecule has 4 aromatic rings.